The topological polar surface area (TPSA) is 69.4 Å². The summed E-state index contributed by atoms with van der Waals surface area (Å²) >= 11 is 0. The molecule has 0 fully saturated rings. The van der Waals surface area contributed by atoms with E-state index >= 15 is 0 Å². The molecule has 0 bridgehead atoms. The van der Waals surface area contributed by atoms with Crippen LogP contribution >= 0.6 is 0 Å². The third kappa shape index (κ3) is 8.27. The first kappa shape index (κ1) is 13.7. The molecule has 0 heterocycles. The third-order valence-electron chi connectivity index (χ3n) is 1.18. The summed E-state index contributed by atoms with van der Waals surface area (Å²) in [5.74, 6) is -0.657. The Labute approximate surface area is 80.3 Å². The molecule has 0 radical (unpaired) electrons. The van der Waals surface area contributed by atoms with E-state index in [-0.39, 0.29) is 0 Å². The van der Waals surface area contributed by atoms with Gasteiger partial charge in [0.05, 0.1) is 11.4 Å². The first-order valence-corrected chi connectivity index (χ1v) is 5.34. The zero-order chi connectivity index (χ0) is 11.6. The lowest BCUT2D eigenvalue weighted by Crippen LogP contribution is -2.39. The van der Waals surface area contributed by atoms with Crippen LogP contribution in [0.5, 0.6) is 0 Å². The normalized spacial score (nSPS) is 14.4. The van der Waals surface area contributed by atoms with Gasteiger partial charge in [0.2, 0.25) is 10.0 Å². The van der Waals surface area contributed by atoms with E-state index in [1.165, 1.54) is 13.8 Å². The third-order valence-corrected chi connectivity index (χ3v) is 2.27. The van der Waals surface area contributed by atoms with Crippen LogP contribution in [-0.4, -0.2) is 32.6 Å². The molecule has 0 rings (SSSR count). The molecule has 0 aromatic rings. The predicted octanol–water partition coefficient (Wildman–Crippen LogP) is 0.632. The maximum Gasteiger partial charge on any atom is 0.411 e. The van der Waals surface area contributed by atoms with Crippen LogP contribution in [-0.2, 0) is 14.8 Å². The zero-order valence-electron chi connectivity index (χ0n) is 7.76. The first-order valence-electron chi connectivity index (χ1n) is 3.62. The quantitative estimate of drug-likeness (QED) is 0.777. The average Bonchev–Trinajstić information content (AvgIpc) is 1.76. The number of hydrogen-bond acceptors (Lipinski definition) is 3. The van der Waals surface area contributed by atoms with Crippen molar-refractivity contribution < 1.29 is 26.3 Å². The molecule has 0 spiro atoms. The van der Waals surface area contributed by atoms with E-state index in [9.17, 15) is 21.6 Å². The Balaban J connectivity index is 4.23. The molecule has 0 unspecified atom stereocenters. The second-order valence-electron chi connectivity index (χ2n) is 3.47. The highest BCUT2D eigenvalue weighted by Crippen LogP contribution is 2.19. The standard InChI is InChI=1S/C6H12F3NO3S/c1-5(2,4-14(10,11)12)13-3-6(7,8)9/h3-4H2,1-2H3,(H2,10,11,12). The Hall–Kier alpha value is -0.340. The molecule has 8 heteroatoms. The Morgan fingerprint density at radius 1 is 1.29 bits per heavy atom. The van der Waals surface area contributed by atoms with Crippen LogP contribution in [0.2, 0.25) is 0 Å². The molecule has 0 aliphatic heterocycles. The molecule has 14 heavy (non-hydrogen) atoms. The summed E-state index contributed by atoms with van der Waals surface area (Å²) in [6.07, 6.45) is -4.48. The highest BCUT2D eigenvalue weighted by atomic mass is 32.2. The van der Waals surface area contributed by atoms with Crippen molar-refractivity contribution in [3.63, 3.8) is 0 Å². The second-order valence-corrected chi connectivity index (χ2v) is 5.09. The van der Waals surface area contributed by atoms with E-state index in [0.29, 0.717) is 0 Å². The van der Waals surface area contributed by atoms with E-state index < -0.39 is 34.2 Å². The number of nitrogens with two attached hydrogens (primary N) is 1. The lowest BCUT2D eigenvalue weighted by Gasteiger charge is -2.24. The Morgan fingerprint density at radius 3 is 2.00 bits per heavy atom. The van der Waals surface area contributed by atoms with Gasteiger partial charge in [-0.1, -0.05) is 0 Å². The van der Waals surface area contributed by atoms with Crippen molar-refractivity contribution >= 4 is 10.0 Å². The molecule has 4 nitrogen and oxygen atoms in total. The number of sulfonamides is 1. The smallest absolute Gasteiger partial charge is 0.365 e. The summed E-state index contributed by atoms with van der Waals surface area (Å²) in [7, 11) is -3.84. The van der Waals surface area contributed by atoms with Gasteiger partial charge in [-0.15, -0.1) is 0 Å². The van der Waals surface area contributed by atoms with Crippen LogP contribution < -0.4 is 5.14 Å². The van der Waals surface area contributed by atoms with Gasteiger partial charge in [-0.2, -0.15) is 13.2 Å². The second kappa shape index (κ2) is 4.03. The lowest BCUT2D eigenvalue weighted by molar-refractivity contribution is -0.196. The number of primary sulfonamides is 1. The van der Waals surface area contributed by atoms with E-state index in [2.05, 4.69) is 9.88 Å². The van der Waals surface area contributed by atoms with Crippen LogP contribution in [0.25, 0.3) is 0 Å². The van der Waals surface area contributed by atoms with Crippen molar-refractivity contribution in [2.75, 3.05) is 12.4 Å². The number of hydrogen-bond donors (Lipinski definition) is 1. The fourth-order valence-electron chi connectivity index (χ4n) is 0.803. The van der Waals surface area contributed by atoms with Crippen LogP contribution in [0.1, 0.15) is 13.8 Å². The van der Waals surface area contributed by atoms with Gasteiger partial charge in [0.25, 0.3) is 0 Å². The molecule has 0 aliphatic carbocycles. The van der Waals surface area contributed by atoms with Crippen molar-refractivity contribution in [3.05, 3.63) is 0 Å². The fraction of sp³-hybridized carbons (Fsp3) is 1.00. The lowest BCUT2D eigenvalue weighted by atomic mass is 10.2. The minimum Gasteiger partial charge on any atom is -0.365 e. The van der Waals surface area contributed by atoms with Gasteiger partial charge in [0.1, 0.15) is 6.61 Å². The number of rotatable bonds is 4. The first-order chi connectivity index (χ1) is 5.91. The molecular formula is C6H12F3NO3S. The van der Waals surface area contributed by atoms with Crippen molar-refractivity contribution in [3.8, 4) is 0 Å². The van der Waals surface area contributed by atoms with E-state index in [0.717, 1.165) is 0 Å². The summed E-state index contributed by atoms with van der Waals surface area (Å²) < 4.78 is 60.7. The molecule has 0 atom stereocenters. The van der Waals surface area contributed by atoms with Gasteiger partial charge >= 0.3 is 6.18 Å². The molecule has 0 aliphatic rings. The van der Waals surface area contributed by atoms with Gasteiger partial charge in [-0.25, -0.2) is 13.6 Å². The van der Waals surface area contributed by atoms with Gasteiger partial charge in [-0.3, -0.25) is 0 Å². The van der Waals surface area contributed by atoms with Crippen molar-refractivity contribution in [2.24, 2.45) is 5.14 Å². The number of ether oxygens (including phenoxy) is 1. The van der Waals surface area contributed by atoms with Gasteiger partial charge < -0.3 is 4.74 Å². The Kier molecular flexibility index (Phi) is 3.93. The summed E-state index contributed by atoms with van der Waals surface area (Å²) in [5, 5.41) is 4.67. The molecule has 0 aromatic carbocycles. The minimum atomic E-state index is -4.48. The number of alkyl halides is 3. The van der Waals surface area contributed by atoms with Gasteiger partial charge in [0.15, 0.2) is 0 Å². The summed E-state index contributed by atoms with van der Waals surface area (Å²) in [6.45, 7) is 0.960. The van der Waals surface area contributed by atoms with E-state index in [1.807, 2.05) is 0 Å². The van der Waals surface area contributed by atoms with Gasteiger partial charge in [-0.05, 0) is 13.8 Å². The van der Waals surface area contributed by atoms with Gasteiger partial charge in [0, 0.05) is 0 Å². The Bertz CT molecular complexity index is 283. The highest BCUT2D eigenvalue weighted by molar-refractivity contribution is 7.89. The van der Waals surface area contributed by atoms with Crippen LogP contribution in [0.3, 0.4) is 0 Å². The molecule has 0 amide bonds. The summed E-state index contributed by atoms with van der Waals surface area (Å²) in [4.78, 5) is 0. The monoisotopic (exact) mass is 235 g/mol. The average molecular weight is 235 g/mol. The van der Waals surface area contributed by atoms with Crippen LogP contribution in [0, 0.1) is 0 Å². The summed E-state index contributed by atoms with van der Waals surface area (Å²) in [6, 6.07) is 0. The highest BCUT2D eigenvalue weighted by Gasteiger charge is 2.33. The Morgan fingerprint density at radius 2 is 1.71 bits per heavy atom. The maximum absolute atomic E-state index is 11.7. The molecule has 0 saturated carbocycles. The van der Waals surface area contributed by atoms with Crippen molar-refractivity contribution in [1.29, 1.82) is 0 Å². The van der Waals surface area contributed by atoms with E-state index in [4.69, 9.17) is 0 Å². The van der Waals surface area contributed by atoms with Crippen LogP contribution in [0.4, 0.5) is 13.2 Å². The van der Waals surface area contributed by atoms with Crippen molar-refractivity contribution in [2.45, 2.75) is 25.6 Å². The fourth-order valence-corrected chi connectivity index (χ4v) is 1.86. The van der Waals surface area contributed by atoms with Crippen molar-refractivity contribution in [1.82, 2.24) is 0 Å². The molecule has 0 saturated heterocycles. The molecular weight excluding hydrogens is 223 g/mol. The SMILES string of the molecule is CC(C)(CS(N)(=O)=O)OCC(F)(F)F. The van der Waals surface area contributed by atoms with Crippen LogP contribution in [0.15, 0.2) is 0 Å². The molecule has 86 valence electrons. The van der Waals surface area contributed by atoms with E-state index in [1.54, 1.807) is 0 Å². The maximum atomic E-state index is 11.7. The largest absolute Gasteiger partial charge is 0.411 e. The molecule has 0 aromatic heterocycles. The zero-order valence-corrected chi connectivity index (χ0v) is 8.57. The minimum absolute atomic E-state index is 0.657. The molecule has 2 N–H and O–H groups in total. The predicted molar refractivity (Wildman–Crippen MR) is 44.1 cm³/mol. The summed E-state index contributed by atoms with van der Waals surface area (Å²) in [5.41, 5.74) is -1.44. The number of halogens is 3.